The van der Waals surface area contributed by atoms with Crippen LogP contribution < -0.4 is 11.1 Å². The van der Waals surface area contributed by atoms with Crippen LogP contribution in [0, 0.1) is 11.7 Å². The standard InChI is InChI=1S/C19H19ClFN3O2.ClH/c20-15-11-13(5-6-16(15)21)23-18(25)12-7-9-24(10-8-12)19(26)14-3-1-2-4-17(14)22;/h1-6,11-12H,7-10,22H2,(H,23,25);1H. The Morgan fingerprint density at radius 1 is 1.15 bits per heavy atom. The van der Waals surface area contributed by atoms with Gasteiger partial charge < -0.3 is 16.0 Å². The van der Waals surface area contributed by atoms with E-state index in [4.69, 9.17) is 17.3 Å². The molecule has 8 heteroatoms. The number of halogens is 3. The van der Waals surface area contributed by atoms with Crippen molar-refractivity contribution in [3.8, 4) is 0 Å². The molecular weight excluding hydrogens is 392 g/mol. The first-order valence-corrected chi connectivity index (χ1v) is 8.73. The van der Waals surface area contributed by atoms with Crippen molar-refractivity contribution in [1.82, 2.24) is 4.90 Å². The van der Waals surface area contributed by atoms with Crippen molar-refractivity contribution in [3.05, 3.63) is 58.9 Å². The zero-order valence-electron chi connectivity index (χ0n) is 14.5. The summed E-state index contributed by atoms with van der Waals surface area (Å²) in [6.45, 7) is 0.963. The molecule has 2 amide bonds. The van der Waals surface area contributed by atoms with Gasteiger partial charge in [0.2, 0.25) is 5.91 Å². The fourth-order valence-corrected chi connectivity index (χ4v) is 3.21. The van der Waals surface area contributed by atoms with E-state index in [2.05, 4.69) is 5.32 Å². The SMILES string of the molecule is Cl.Nc1ccccc1C(=O)N1CCC(C(=O)Nc2ccc(F)c(Cl)c2)CC1. The lowest BCUT2D eigenvalue weighted by Gasteiger charge is -2.31. The van der Waals surface area contributed by atoms with Crippen molar-refractivity contribution in [1.29, 1.82) is 0 Å². The molecule has 3 rings (SSSR count). The largest absolute Gasteiger partial charge is 0.398 e. The smallest absolute Gasteiger partial charge is 0.255 e. The second-order valence-corrected chi connectivity index (χ2v) is 6.68. The number of rotatable bonds is 3. The lowest BCUT2D eigenvalue weighted by Crippen LogP contribution is -2.41. The van der Waals surface area contributed by atoms with E-state index in [0.717, 1.165) is 0 Å². The number of amides is 2. The number of hydrogen-bond acceptors (Lipinski definition) is 3. The zero-order valence-corrected chi connectivity index (χ0v) is 16.0. The summed E-state index contributed by atoms with van der Waals surface area (Å²) in [5.41, 5.74) is 7.25. The topological polar surface area (TPSA) is 75.4 Å². The number of nitrogens with two attached hydrogens (primary N) is 1. The molecule has 1 fully saturated rings. The van der Waals surface area contributed by atoms with Crippen molar-refractivity contribution in [3.63, 3.8) is 0 Å². The van der Waals surface area contributed by atoms with Gasteiger partial charge in [-0.25, -0.2) is 4.39 Å². The molecule has 0 atom stereocenters. The molecule has 0 saturated carbocycles. The number of piperidine rings is 1. The third kappa shape index (κ3) is 4.90. The molecule has 0 bridgehead atoms. The van der Waals surface area contributed by atoms with Crippen LogP contribution in [0.15, 0.2) is 42.5 Å². The molecule has 1 saturated heterocycles. The van der Waals surface area contributed by atoms with Crippen molar-refractivity contribution >= 4 is 47.2 Å². The molecule has 3 N–H and O–H groups in total. The molecule has 0 radical (unpaired) electrons. The molecule has 0 unspecified atom stereocenters. The van der Waals surface area contributed by atoms with Crippen LogP contribution in [0.1, 0.15) is 23.2 Å². The zero-order chi connectivity index (χ0) is 18.7. The van der Waals surface area contributed by atoms with Gasteiger partial charge >= 0.3 is 0 Å². The Morgan fingerprint density at radius 3 is 2.44 bits per heavy atom. The molecule has 1 aliphatic heterocycles. The van der Waals surface area contributed by atoms with Gasteiger partial charge in [-0.2, -0.15) is 0 Å². The fourth-order valence-electron chi connectivity index (χ4n) is 3.03. The van der Waals surface area contributed by atoms with Crippen molar-refractivity contribution < 1.29 is 14.0 Å². The van der Waals surface area contributed by atoms with E-state index in [-0.39, 0.29) is 35.2 Å². The van der Waals surface area contributed by atoms with Crippen molar-refractivity contribution in [2.75, 3.05) is 24.1 Å². The highest BCUT2D eigenvalue weighted by atomic mass is 35.5. The van der Waals surface area contributed by atoms with Gasteiger partial charge in [0.15, 0.2) is 0 Å². The summed E-state index contributed by atoms with van der Waals surface area (Å²) >= 11 is 5.73. The van der Waals surface area contributed by atoms with Crippen LogP contribution in [0.4, 0.5) is 15.8 Å². The minimum Gasteiger partial charge on any atom is -0.398 e. The first-order chi connectivity index (χ1) is 12.5. The molecule has 2 aromatic carbocycles. The molecule has 144 valence electrons. The lowest BCUT2D eigenvalue weighted by atomic mass is 9.95. The summed E-state index contributed by atoms with van der Waals surface area (Å²) in [6, 6.07) is 11.0. The van der Waals surface area contributed by atoms with E-state index in [0.29, 0.717) is 42.9 Å². The summed E-state index contributed by atoms with van der Waals surface area (Å²) in [4.78, 5) is 26.7. The maximum atomic E-state index is 13.2. The number of nitrogen functional groups attached to an aromatic ring is 1. The maximum Gasteiger partial charge on any atom is 0.255 e. The Balaban J connectivity index is 0.00000261. The van der Waals surface area contributed by atoms with Gasteiger partial charge in [-0.3, -0.25) is 9.59 Å². The Labute approximate surface area is 168 Å². The predicted octanol–water partition coefficient (Wildman–Crippen LogP) is 3.97. The average molecular weight is 412 g/mol. The number of para-hydroxylation sites is 1. The number of carbonyl (C=O) groups excluding carboxylic acids is 2. The average Bonchev–Trinajstić information content (AvgIpc) is 2.65. The van der Waals surface area contributed by atoms with Gasteiger partial charge in [-0.15, -0.1) is 12.4 Å². The molecule has 0 spiro atoms. The van der Waals surface area contributed by atoms with Gasteiger partial charge in [0, 0.05) is 30.4 Å². The van der Waals surface area contributed by atoms with E-state index >= 15 is 0 Å². The third-order valence-corrected chi connectivity index (χ3v) is 4.82. The second-order valence-electron chi connectivity index (χ2n) is 6.27. The summed E-state index contributed by atoms with van der Waals surface area (Å²) in [6.07, 6.45) is 1.11. The highest BCUT2D eigenvalue weighted by Gasteiger charge is 2.28. The van der Waals surface area contributed by atoms with Crippen LogP contribution in [0.25, 0.3) is 0 Å². The summed E-state index contributed by atoms with van der Waals surface area (Å²) in [5, 5.41) is 2.71. The predicted molar refractivity (Wildman–Crippen MR) is 107 cm³/mol. The minimum absolute atomic E-state index is 0. The van der Waals surface area contributed by atoms with Crippen LogP contribution in [0.3, 0.4) is 0 Å². The van der Waals surface area contributed by atoms with Gasteiger partial charge in [-0.1, -0.05) is 23.7 Å². The maximum absolute atomic E-state index is 13.2. The van der Waals surface area contributed by atoms with Gasteiger partial charge in [0.05, 0.1) is 10.6 Å². The van der Waals surface area contributed by atoms with Crippen LogP contribution in [0.2, 0.25) is 5.02 Å². The Bertz CT molecular complexity index is 839. The molecule has 27 heavy (non-hydrogen) atoms. The first kappa shape index (κ1) is 21.0. The fraction of sp³-hybridized carbons (Fsp3) is 0.263. The lowest BCUT2D eigenvalue weighted by molar-refractivity contribution is -0.121. The summed E-state index contributed by atoms with van der Waals surface area (Å²) < 4.78 is 13.2. The number of hydrogen-bond donors (Lipinski definition) is 2. The van der Waals surface area contributed by atoms with Crippen LogP contribution >= 0.6 is 24.0 Å². The van der Waals surface area contributed by atoms with Gasteiger partial charge in [0.25, 0.3) is 5.91 Å². The normalized spacial score (nSPS) is 14.4. The molecule has 1 heterocycles. The number of benzene rings is 2. The minimum atomic E-state index is -0.531. The molecule has 5 nitrogen and oxygen atoms in total. The molecule has 0 aromatic heterocycles. The second kappa shape index (κ2) is 9.06. The Hall–Kier alpha value is -2.31. The first-order valence-electron chi connectivity index (χ1n) is 8.35. The Morgan fingerprint density at radius 2 is 1.81 bits per heavy atom. The van der Waals surface area contributed by atoms with E-state index in [1.165, 1.54) is 18.2 Å². The highest BCUT2D eigenvalue weighted by Crippen LogP contribution is 2.24. The number of likely N-dealkylation sites (tertiary alicyclic amines) is 1. The van der Waals surface area contributed by atoms with E-state index in [1.54, 1.807) is 29.2 Å². The van der Waals surface area contributed by atoms with Gasteiger partial charge in [-0.05, 0) is 43.2 Å². The molecule has 2 aromatic rings. The highest BCUT2D eigenvalue weighted by molar-refractivity contribution is 6.31. The number of nitrogens with zero attached hydrogens (tertiary/aromatic N) is 1. The van der Waals surface area contributed by atoms with Crippen LogP contribution in [-0.4, -0.2) is 29.8 Å². The summed E-state index contributed by atoms with van der Waals surface area (Å²) in [5.74, 6) is -1.01. The van der Waals surface area contributed by atoms with Crippen molar-refractivity contribution in [2.45, 2.75) is 12.8 Å². The Kier molecular flexibility index (Phi) is 7.05. The van der Waals surface area contributed by atoms with E-state index < -0.39 is 5.82 Å². The molecule has 1 aliphatic rings. The van der Waals surface area contributed by atoms with Gasteiger partial charge in [0.1, 0.15) is 5.82 Å². The monoisotopic (exact) mass is 411 g/mol. The molecule has 0 aliphatic carbocycles. The number of carbonyl (C=O) groups is 2. The van der Waals surface area contributed by atoms with Crippen molar-refractivity contribution in [2.24, 2.45) is 5.92 Å². The number of nitrogens with one attached hydrogen (secondary N) is 1. The molecular formula is C19H20Cl2FN3O2. The third-order valence-electron chi connectivity index (χ3n) is 4.53. The van der Waals surface area contributed by atoms with E-state index in [1.807, 2.05) is 0 Å². The number of anilines is 2. The van der Waals surface area contributed by atoms with Crippen LogP contribution in [0.5, 0.6) is 0 Å². The quantitative estimate of drug-likeness (QED) is 0.750. The van der Waals surface area contributed by atoms with E-state index in [9.17, 15) is 14.0 Å². The summed E-state index contributed by atoms with van der Waals surface area (Å²) in [7, 11) is 0. The van der Waals surface area contributed by atoms with Crippen LogP contribution in [-0.2, 0) is 4.79 Å².